The van der Waals surface area contributed by atoms with Crippen molar-refractivity contribution in [3.05, 3.63) is 69.3 Å². The van der Waals surface area contributed by atoms with Gasteiger partial charge in [0.15, 0.2) is 5.78 Å². The Bertz CT molecular complexity index is 1530. The van der Waals surface area contributed by atoms with E-state index in [4.69, 9.17) is 4.74 Å². The number of nitrogens with zero attached hydrogens (tertiary/aromatic N) is 5. The molecule has 2 N–H and O–H groups in total. The van der Waals surface area contributed by atoms with Crippen molar-refractivity contribution in [2.45, 2.75) is 70.3 Å². The second-order valence-electron chi connectivity index (χ2n) is 11.5. The number of ketones is 1. The Kier molecular flexibility index (Phi) is 10.4. The van der Waals surface area contributed by atoms with Crippen LogP contribution < -0.4 is 21.5 Å². The van der Waals surface area contributed by atoms with E-state index < -0.39 is 41.0 Å². The fourth-order valence-corrected chi connectivity index (χ4v) is 7.86. The van der Waals surface area contributed by atoms with E-state index in [1.54, 1.807) is 28.2 Å². The number of carbonyl (C=O) groups is 4. The number of rotatable bonds is 11. The van der Waals surface area contributed by atoms with Gasteiger partial charge in [-0.05, 0) is 38.0 Å². The van der Waals surface area contributed by atoms with Crippen LogP contribution in [0, 0.1) is 22.0 Å². The minimum absolute atomic E-state index is 0. The summed E-state index contributed by atoms with van der Waals surface area (Å²) in [6.45, 7) is 5.65. The highest BCUT2D eigenvalue weighted by molar-refractivity contribution is 8.03. The SMILES string of the molecule is CC(=O)Cn1cc[n+](C[C@@H]2C[C@H](SC3=C(C(=O)O)N4C(=O)[C@H]([C@@H](C)O)[C@H]4[C@H]3C)CN2C(=O)OCc2ccc([N+](=O)[O-])cc2)c1.[Br-]. The molecule has 14 nitrogen and oxygen atoms in total. The Hall–Kier alpha value is -3.76. The molecule has 4 heterocycles. The normalized spacial score (nSPS) is 24.5. The summed E-state index contributed by atoms with van der Waals surface area (Å²) in [6.07, 6.45) is 4.36. The molecule has 6 atom stereocenters. The number of aliphatic hydroxyl groups excluding tert-OH is 1. The molecule has 0 unspecified atom stereocenters. The molecule has 2 amide bonds. The molecule has 0 aliphatic carbocycles. The molecular formula is C29H34BrN5O9S. The van der Waals surface area contributed by atoms with Gasteiger partial charge in [0, 0.05) is 34.8 Å². The summed E-state index contributed by atoms with van der Waals surface area (Å²) in [7, 11) is 0. The maximum absolute atomic E-state index is 13.4. The van der Waals surface area contributed by atoms with E-state index in [2.05, 4.69) is 0 Å². The highest BCUT2D eigenvalue weighted by atomic mass is 79.9. The Morgan fingerprint density at radius 3 is 2.53 bits per heavy atom. The van der Waals surface area contributed by atoms with Crippen LogP contribution in [0.25, 0.3) is 0 Å². The molecule has 0 bridgehead atoms. The molecule has 5 rings (SSSR count). The summed E-state index contributed by atoms with van der Waals surface area (Å²) < 4.78 is 9.21. The fourth-order valence-electron chi connectivity index (χ4n) is 6.30. The van der Waals surface area contributed by atoms with E-state index in [9.17, 15) is 39.5 Å². The number of nitro benzene ring substituents is 1. The number of β-lactam (4-membered cyclic amide) rings is 1. The number of non-ortho nitro benzene ring substituents is 1. The van der Waals surface area contributed by atoms with E-state index in [1.807, 2.05) is 11.5 Å². The summed E-state index contributed by atoms with van der Waals surface area (Å²) in [4.78, 5) is 63.9. The molecular weight excluding hydrogens is 674 g/mol. The number of hydrogen-bond donors (Lipinski definition) is 2. The van der Waals surface area contributed by atoms with Crippen molar-refractivity contribution < 1.29 is 60.6 Å². The van der Waals surface area contributed by atoms with Gasteiger partial charge in [-0.25, -0.2) is 18.7 Å². The largest absolute Gasteiger partial charge is 1.00 e. The van der Waals surface area contributed by atoms with Gasteiger partial charge in [-0.2, -0.15) is 0 Å². The summed E-state index contributed by atoms with van der Waals surface area (Å²) in [5.74, 6) is -2.60. The van der Waals surface area contributed by atoms with Gasteiger partial charge in [-0.1, -0.05) is 6.92 Å². The lowest BCUT2D eigenvalue weighted by Crippen LogP contribution is -3.00. The first-order valence-electron chi connectivity index (χ1n) is 14.2. The first-order chi connectivity index (χ1) is 20.8. The number of Topliss-reactive ketones (excluding diaryl/α,β-unsaturated/α-hetero) is 1. The number of amides is 2. The molecule has 45 heavy (non-hydrogen) atoms. The quantitative estimate of drug-likeness (QED) is 0.127. The van der Waals surface area contributed by atoms with Crippen LogP contribution in [0.15, 0.2) is 53.6 Å². The predicted octanol–water partition coefficient (Wildman–Crippen LogP) is -1.06. The topological polar surface area (TPSA) is 176 Å². The van der Waals surface area contributed by atoms with Crippen molar-refractivity contribution in [3.63, 3.8) is 0 Å². The van der Waals surface area contributed by atoms with Gasteiger partial charge in [0.05, 0.1) is 29.0 Å². The molecule has 1 aromatic carbocycles. The Balaban J connectivity index is 0.00000461. The lowest BCUT2D eigenvalue weighted by Gasteiger charge is -2.46. The van der Waals surface area contributed by atoms with Crippen LogP contribution in [0.2, 0.25) is 0 Å². The number of hydrogen-bond acceptors (Lipinski definition) is 9. The average molecular weight is 709 g/mol. The van der Waals surface area contributed by atoms with Crippen molar-refractivity contribution in [3.8, 4) is 0 Å². The third kappa shape index (κ3) is 6.92. The van der Waals surface area contributed by atoms with Gasteiger partial charge in [-0.15, -0.1) is 11.8 Å². The average Bonchev–Trinajstić information content (AvgIpc) is 3.63. The number of carboxylic acid groups (broad SMARTS) is 1. The maximum Gasteiger partial charge on any atom is 0.410 e. The van der Waals surface area contributed by atoms with Crippen molar-refractivity contribution in [1.82, 2.24) is 14.4 Å². The number of halogens is 1. The van der Waals surface area contributed by atoms with E-state index in [0.29, 0.717) is 23.4 Å². The van der Waals surface area contributed by atoms with Crippen molar-refractivity contribution in [2.24, 2.45) is 11.8 Å². The lowest BCUT2D eigenvalue weighted by molar-refractivity contribution is -0.700. The van der Waals surface area contributed by atoms with Crippen LogP contribution in [0.5, 0.6) is 0 Å². The number of fused-ring (bicyclic) bond motifs is 1. The van der Waals surface area contributed by atoms with Crippen LogP contribution in [-0.2, 0) is 38.8 Å². The van der Waals surface area contributed by atoms with Gasteiger partial charge < -0.3 is 41.7 Å². The number of aromatic nitrogens is 2. The van der Waals surface area contributed by atoms with E-state index in [0.717, 1.165) is 0 Å². The first-order valence-corrected chi connectivity index (χ1v) is 15.1. The number of aliphatic carboxylic acids is 1. The van der Waals surface area contributed by atoms with Crippen LogP contribution in [0.3, 0.4) is 0 Å². The highest BCUT2D eigenvalue weighted by Crippen LogP contribution is 2.52. The number of ether oxygens (including phenoxy) is 1. The van der Waals surface area contributed by atoms with E-state index >= 15 is 0 Å². The number of benzene rings is 1. The molecule has 2 fully saturated rings. The molecule has 0 radical (unpaired) electrons. The molecule has 3 aliphatic heterocycles. The number of nitro groups is 1. The summed E-state index contributed by atoms with van der Waals surface area (Å²) in [5.41, 5.74) is 0.440. The molecule has 1 aromatic heterocycles. The fraction of sp³-hybridized carbons (Fsp3) is 0.483. The zero-order valence-corrected chi connectivity index (χ0v) is 27.2. The first kappa shape index (κ1) is 34.1. The maximum atomic E-state index is 13.4. The van der Waals surface area contributed by atoms with Gasteiger partial charge >= 0.3 is 12.1 Å². The van der Waals surface area contributed by atoms with Crippen LogP contribution >= 0.6 is 11.8 Å². The zero-order valence-electron chi connectivity index (χ0n) is 24.8. The van der Waals surface area contributed by atoms with Gasteiger partial charge in [0.1, 0.15) is 37.8 Å². The summed E-state index contributed by atoms with van der Waals surface area (Å²) in [5, 5.41) is 30.9. The Morgan fingerprint density at radius 2 is 1.93 bits per heavy atom. The van der Waals surface area contributed by atoms with Crippen LogP contribution in [0.1, 0.15) is 32.8 Å². The van der Waals surface area contributed by atoms with Crippen molar-refractivity contribution in [2.75, 3.05) is 6.54 Å². The Labute approximate surface area is 273 Å². The smallest absolute Gasteiger partial charge is 0.410 e. The minimum Gasteiger partial charge on any atom is -1.00 e. The van der Waals surface area contributed by atoms with Crippen molar-refractivity contribution in [1.29, 1.82) is 0 Å². The molecule has 242 valence electrons. The number of carbonyl (C=O) groups excluding carboxylic acids is 3. The molecule has 2 aromatic rings. The number of aliphatic hydroxyl groups is 1. The number of likely N-dealkylation sites (tertiary alicyclic amines) is 1. The number of carboxylic acids is 1. The van der Waals surface area contributed by atoms with Gasteiger partial charge in [0.25, 0.3) is 5.69 Å². The molecule has 3 aliphatic rings. The summed E-state index contributed by atoms with van der Waals surface area (Å²) in [6, 6.07) is 4.95. The molecule has 0 spiro atoms. The van der Waals surface area contributed by atoms with E-state index in [-0.39, 0.29) is 71.1 Å². The third-order valence-electron chi connectivity index (χ3n) is 8.30. The standard InChI is InChI=1S/C29H33N5O9S.BrH/c1-16(35)11-30-8-9-31(15-30)12-21-10-22(13-32(21)29(40)43-14-19-4-6-20(7-5-19)34(41)42)44-26-17(2)24-23(18(3)36)27(37)33(24)25(26)28(38)39;/h4-9,15,17-18,21-24,36H,10-14H2,1-3H3;1H/t17-,18-,21+,22+,23-,24-;/m1./s1. The number of imidazole rings is 1. The summed E-state index contributed by atoms with van der Waals surface area (Å²) >= 11 is 1.34. The van der Waals surface area contributed by atoms with Gasteiger partial charge in [-0.3, -0.25) is 19.7 Å². The lowest BCUT2D eigenvalue weighted by atomic mass is 9.79. The minimum atomic E-state index is -1.21. The second kappa shape index (κ2) is 13.7. The molecule has 0 saturated carbocycles. The number of thioether (sulfide) groups is 1. The molecule has 2 saturated heterocycles. The van der Waals surface area contributed by atoms with Crippen molar-refractivity contribution >= 4 is 41.2 Å². The van der Waals surface area contributed by atoms with E-state index in [1.165, 1.54) is 54.8 Å². The highest BCUT2D eigenvalue weighted by Gasteiger charge is 2.60. The Morgan fingerprint density at radius 1 is 1.24 bits per heavy atom. The van der Waals surface area contributed by atoms with Gasteiger partial charge in [0.2, 0.25) is 12.2 Å². The monoisotopic (exact) mass is 707 g/mol. The zero-order chi connectivity index (χ0) is 31.9. The van der Waals surface area contributed by atoms with Crippen LogP contribution in [0.4, 0.5) is 10.5 Å². The predicted molar refractivity (Wildman–Crippen MR) is 155 cm³/mol. The third-order valence-corrected chi connectivity index (χ3v) is 9.79. The molecule has 16 heteroatoms. The van der Waals surface area contributed by atoms with Crippen LogP contribution in [-0.4, -0.2) is 83.2 Å². The second-order valence-corrected chi connectivity index (χ2v) is 12.9.